The van der Waals surface area contributed by atoms with E-state index in [0.717, 1.165) is 12.8 Å². The summed E-state index contributed by atoms with van der Waals surface area (Å²) in [4.78, 5) is 13.7. The Balaban J connectivity index is 1.71. The summed E-state index contributed by atoms with van der Waals surface area (Å²) in [6.45, 7) is 0.208. The van der Waals surface area contributed by atoms with Crippen molar-refractivity contribution in [3.05, 3.63) is 54.3 Å². The number of benzene rings is 2. The number of carbonyl (C=O) groups is 1. The highest BCUT2D eigenvalue weighted by Gasteiger charge is 2.31. The van der Waals surface area contributed by atoms with Crippen LogP contribution in [0.2, 0.25) is 0 Å². The molecule has 0 aliphatic heterocycles. The number of nitrogens with one attached hydrogen (secondary N) is 1. The van der Waals surface area contributed by atoms with Crippen molar-refractivity contribution in [1.29, 1.82) is 0 Å². The molecule has 1 aliphatic carbocycles. The lowest BCUT2D eigenvalue weighted by Gasteiger charge is -2.22. The number of hydrogen-bond acceptors (Lipinski definition) is 3. The maximum Gasteiger partial charge on any atom is 0.321 e. The number of likely N-dealkylation sites (N-methyl/N-ethyl adjacent to an activating group) is 1. The van der Waals surface area contributed by atoms with Gasteiger partial charge in [-0.3, -0.25) is 0 Å². The maximum absolute atomic E-state index is 14.2. The van der Waals surface area contributed by atoms with Crippen molar-refractivity contribution in [3.8, 4) is 11.5 Å². The smallest absolute Gasteiger partial charge is 0.321 e. The quantitative estimate of drug-likeness (QED) is 0.837. The molecule has 0 saturated heterocycles. The molecule has 0 heterocycles. The fraction of sp³-hybridized carbons (Fsp3) is 0.316. The van der Waals surface area contributed by atoms with E-state index in [-0.39, 0.29) is 23.9 Å². The molecule has 2 N–H and O–H groups in total. The number of halogens is 1. The van der Waals surface area contributed by atoms with Crippen LogP contribution in [0.4, 0.5) is 14.9 Å². The van der Waals surface area contributed by atoms with Crippen LogP contribution in [-0.4, -0.2) is 35.7 Å². The van der Waals surface area contributed by atoms with Gasteiger partial charge in [-0.05, 0) is 43.0 Å². The van der Waals surface area contributed by atoms with Gasteiger partial charge in [-0.25, -0.2) is 9.18 Å². The molecule has 1 saturated carbocycles. The van der Waals surface area contributed by atoms with Crippen molar-refractivity contribution >= 4 is 11.7 Å². The number of carbonyl (C=O) groups excluding carboxylic acids is 1. The van der Waals surface area contributed by atoms with Crippen LogP contribution in [0, 0.1) is 11.7 Å². The van der Waals surface area contributed by atoms with Crippen LogP contribution in [-0.2, 0) is 0 Å². The van der Waals surface area contributed by atoms with E-state index in [1.165, 1.54) is 17.0 Å². The Bertz CT molecular complexity index is 735. The van der Waals surface area contributed by atoms with Crippen LogP contribution >= 0.6 is 0 Å². The second-order valence-corrected chi connectivity index (χ2v) is 6.24. The van der Waals surface area contributed by atoms with Gasteiger partial charge >= 0.3 is 6.03 Å². The number of rotatable bonds is 6. The van der Waals surface area contributed by atoms with Crippen LogP contribution in [0.15, 0.2) is 48.5 Å². The van der Waals surface area contributed by atoms with E-state index < -0.39 is 18.0 Å². The van der Waals surface area contributed by atoms with Crippen LogP contribution in [0.25, 0.3) is 0 Å². The van der Waals surface area contributed by atoms with E-state index >= 15 is 0 Å². The Morgan fingerprint density at radius 2 is 2.00 bits per heavy atom. The van der Waals surface area contributed by atoms with Gasteiger partial charge in [0.25, 0.3) is 0 Å². The zero-order valence-electron chi connectivity index (χ0n) is 14.0. The monoisotopic (exact) mass is 344 g/mol. The Kier molecular flexibility index (Phi) is 5.19. The molecule has 132 valence electrons. The highest BCUT2D eigenvalue weighted by atomic mass is 19.1. The molecule has 2 amide bonds. The lowest BCUT2D eigenvalue weighted by Crippen LogP contribution is -2.38. The van der Waals surface area contributed by atoms with Gasteiger partial charge in [-0.15, -0.1) is 0 Å². The molecule has 3 rings (SSSR count). The summed E-state index contributed by atoms with van der Waals surface area (Å²) >= 11 is 0. The molecule has 1 unspecified atom stereocenters. The second kappa shape index (κ2) is 7.53. The van der Waals surface area contributed by atoms with E-state index in [0.29, 0.717) is 5.75 Å². The largest absolute Gasteiger partial charge is 0.455 e. The minimum Gasteiger partial charge on any atom is -0.455 e. The minimum atomic E-state index is -0.585. The summed E-state index contributed by atoms with van der Waals surface area (Å²) < 4.78 is 19.9. The van der Waals surface area contributed by atoms with E-state index in [4.69, 9.17) is 4.74 Å². The molecule has 5 nitrogen and oxygen atoms in total. The normalized spacial score (nSPS) is 14.7. The van der Waals surface area contributed by atoms with Gasteiger partial charge in [0, 0.05) is 13.6 Å². The number of aliphatic hydroxyl groups excluding tert-OH is 1. The van der Waals surface area contributed by atoms with Gasteiger partial charge in [0.1, 0.15) is 11.4 Å². The number of para-hydroxylation sites is 2. The predicted octanol–water partition coefficient (Wildman–Crippen LogP) is 3.85. The highest BCUT2D eigenvalue weighted by Crippen LogP contribution is 2.33. The average molecular weight is 344 g/mol. The van der Waals surface area contributed by atoms with Crippen molar-refractivity contribution in [2.45, 2.75) is 18.9 Å². The third-order valence-corrected chi connectivity index (χ3v) is 4.15. The zero-order valence-corrected chi connectivity index (χ0v) is 14.0. The number of hydrogen-bond donors (Lipinski definition) is 2. The molecular formula is C19H21FN2O3. The van der Waals surface area contributed by atoms with E-state index in [2.05, 4.69) is 5.32 Å². The average Bonchev–Trinajstić information content (AvgIpc) is 3.44. The summed E-state index contributed by atoms with van der Waals surface area (Å²) in [5, 5.41) is 12.5. The SMILES string of the molecule is CN(CC(O)C1CC1)C(=O)Nc1c(F)cccc1Oc1ccccc1. The molecule has 0 aromatic heterocycles. The molecule has 1 atom stereocenters. The molecule has 0 spiro atoms. The van der Waals surface area contributed by atoms with Crippen molar-refractivity contribution < 1.29 is 19.0 Å². The van der Waals surface area contributed by atoms with Gasteiger partial charge in [0.15, 0.2) is 11.6 Å². The van der Waals surface area contributed by atoms with E-state index in [1.807, 2.05) is 6.07 Å². The number of nitrogens with zero attached hydrogens (tertiary/aromatic N) is 1. The summed E-state index contributed by atoms with van der Waals surface area (Å²) in [7, 11) is 1.57. The van der Waals surface area contributed by atoms with Crippen molar-refractivity contribution in [1.82, 2.24) is 4.90 Å². The molecular weight excluding hydrogens is 323 g/mol. The van der Waals surface area contributed by atoms with Crippen molar-refractivity contribution in [2.24, 2.45) is 5.92 Å². The summed E-state index contributed by atoms with van der Waals surface area (Å²) in [5.74, 6) is 0.440. The standard InChI is InChI=1S/C19H21FN2O3/c1-22(12-16(23)13-10-11-13)19(24)21-18-15(20)8-5-9-17(18)25-14-6-3-2-4-7-14/h2-9,13,16,23H,10-12H2,1H3,(H,21,24). The van der Waals surface area contributed by atoms with Gasteiger partial charge in [-0.1, -0.05) is 24.3 Å². The third-order valence-electron chi connectivity index (χ3n) is 4.15. The second-order valence-electron chi connectivity index (χ2n) is 6.24. The van der Waals surface area contributed by atoms with Gasteiger partial charge < -0.3 is 20.1 Å². The Morgan fingerprint density at radius 1 is 1.28 bits per heavy atom. The van der Waals surface area contributed by atoms with Crippen molar-refractivity contribution in [2.75, 3.05) is 18.9 Å². The molecule has 6 heteroatoms. The Hall–Kier alpha value is -2.60. The number of ether oxygens (including phenoxy) is 1. The maximum atomic E-state index is 14.2. The molecule has 25 heavy (non-hydrogen) atoms. The van der Waals surface area contributed by atoms with Crippen LogP contribution < -0.4 is 10.1 Å². The minimum absolute atomic E-state index is 0.0240. The first-order valence-corrected chi connectivity index (χ1v) is 8.26. The number of anilines is 1. The van der Waals surface area contributed by atoms with Crippen LogP contribution in [0.1, 0.15) is 12.8 Å². The Labute approximate surface area is 146 Å². The molecule has 1 fully saturated rings. The lowest BCUT2D eigenvalue weighted by atomic mass is 10.2. The topological polar surface area (TPSA) is 61.8 Å². The first-order chi connectivity index (χ1) is 12.0. The first-order valence-electron chi connectivity index (χ1n) is 8.26. The number of amides is 2. The van der Waals surface area contributed by atoms with Gasteiger partial charge in [0.05, 0.1) is 6.10 Å². The summed E-state index contributed by atoms with van der Waals surface area (Å²) in [6.07, 6.45) is 1.43. The molecule has 2 aromatic carbocycles. The molecule has 1 aliphatic rings. The zero-order chi connectivity index (χ0) is 17.8. The highest BCUT2D eigenvalue weighted by molar-refractivity contribution is 5.91. The first kappa shape index (κ1) is 17.2. The van der Waals surface area contributed by atoms with Crippen LogP contribution in [0.3, 0.4) is 0 Å². The van der Waals surface area contributed by atoms with Crippen molar-refractivity contribution in [3.63, 3.8) is 0 Å². The molecule has 2 aromatic rings. The van der Waals surface area contributed by atoms with Gasteiger partial charge in [-0.2, -0.15) is 0 Å². The Morgan fingerprint density at radius 3 is 2.68 bits per heavy atom. The third kappa shape index (κ3) is 4.48. The number of aliphatic hydroxyl groups is 1. The van der Waals surface area contributed by atoms with Crippen LogP contribution in [0.5, 0.6) is 11.5 Å². The fourth-order valence-corrected chi connectivity index (χ4v) is 2.52. The molecule has 0 radical (unpaired) electrons. The van der Waals surface area contributed by atoms with Gasteiger partial charge in [0.2, 0.25) is 0 Å². The summed E-state index contributed by atoms with van der Waals surface area (Å²) in [6, 6.07) is 12.8. The van der Waals surface area contributed by atoms with E-state index in [9.17, 15) is 14.3 Å². The number of urea groups is 1. The molecule has 0 bridgehead atoms. The fourth-order valence-electron chi connectivity index (χ4n) is 2.52. The summed E-state index contributed by atoms with van der Waals surface area (Å²) in [5.41, 5.74) is -0.0240. The predicted molar refractivity (Wildman–Crippen MR) is 93.3 cm³/mol. The lowest BCUT2D eigenvalue weighted by molar-refractivity contribution is 0.117. The van der Waals surface area contributed by atoms with E-state index in [1.54, 1.807) is 37.4 Å².